The summed E-state index contributed by atoms with van der Waals surface area (Å²) < 4.78 is 5.23. The molecule has 0 heterocycles. The van der Waals surface area contributed by atoms with Gasteiger partial charge in [0.2, 0.25) is 0 Å². The SMILES string of the molecule is Cc1cc(C)c(NC(=O)Nc2cc3ccccc3cc2C(=O)N[C@@H](CC(C)NC(=O)OC(C)(C)C)C(=O)O)c(C)c1. The summed E-state index contributed by atoms with van der Waals surface area (Å²) in [5.74, 6) is -1.96. The lowest BCUT2D eigenvalue weighted by atomic mass is 10.0. The lowest BCUT2D eigenvalue weighted by Gasteiger charge is -2.24. The zero-order chi connectivity index (χ0) is 30.5. The van der Waals surface area contributed by atoms with Crippen molar-refractivity contribution in [3.63, 3.8) is 0 Å². The van der Waals surface area contributed by atoms with Crippen molar-refractivity contribution < 1.29 is 29.0 Å². The Morgan fingerprint density at radius 3 is 2.02 bits per heavy atom. The summed E-state index contributed by atoms with van der Waals surface area (Å²) in [6.07, 6.45) is -0.783. The molecule has 3 aromatic carbocycles. The zero-order valence-corrected chi connectivity index (χ0v) is 24.5. The highest BCUT2D eigenvalue weighted by atomic mass is 16.6. The number of urea groups is 1. The number of carboxylic acids is 1. The lowest BCUT2D eigenvalue weighted by Crippen LogP contribution is -2.46. The summed E-state index contributed by atoms with van der Waals surface area (Å²) in [5.41, 5.74) is 3.12. The Hall–Kier alpha value is -4.60. The van der Waals surface area contributed by atoms with E-state index < -0.39 is 41.7 Å². The van der Waals surface area contributed by atoms with Crippen molar-refractivity contribution >= 4 is 46.1 Å². The molecule has 0 aliphatic carbocycles. The second kappa shape index (κ2) is 12.7. The van der Waals surface area contributed by atoms with E-state index in [0.29, 0.717) is 5.69 Å². The van der Waals surface area contributed by atoms with Gasteiger partial charge in [-0.2, -0.15) is 0 Å². The van der Waals surface area contributed by atoms with Crippen LogP contribution in [0.1, 0.15) is 61.2 Å². The molecule has 0 aromatic heterocycles. The summed E-state index contributed by atoms with van der Waals surface area (Å²) in [7, 11) is 0. The molecule has 41 heavy (non-hydrogen) atoms. The Balaban J connectivity index is 1.83. The summed E-state index contributed by atoms with van der Waals surface area (Å²) >= 11 is 0. The maximum atomic E-state index is 13.4. The van der Waals surface area contributed by atoms with Gasteiger partial charge >= 0.3 is 18.1 Å². The molecule has 218 valence electrons. The number of amides is 4. The highest BCUT2D eigenvalue weighted by Crippen LogP contribution is 2.26. The molecule has 5 N–H and O–H groups in total. The van der Waals surface area contributed by atoms with Gasteiger partial charge in [-0.25, -0.2) is 14.4 Å². The van der Waals surface area contributed by atoms with Crippen LogP contribution in [0.25, 0.3) is 10.8 Å². The summed E-state index contributed by atoms with van der Waals surface area (Å²) in [6, 6.07) is 12.0. The van der Waals surface area contributed by atoms with E-state index in [4.69, 9.17) is 4.74 Å². The first-order valence-electron chi connectivity index (χ1n) is 13.3. The molecule has 10 heteroatoms. The van der Waals surface area contributed by atoms with Gasteiger partial charge in [0, 0.05) is 11.7 Å². The van der Waals surface area contributed by atoms with Crippen LogP contribution in [0.15, 0.2) is 48.5 Å². The highest BCUT2D eigenvalue weighted by Gasteiger charge is 2.27. The number of ether oxygens (including phenoxy) is 1. The number of aryl methyl sites for hydroxylation is 3. The normalized spacial score (nSPS) is 12.7. The van der Waals surface area contributed by atoms with Crippen LogP contribution in [0.4, 0.5) is 21.0 Å². The number of alkyl carbamates (subject to hydrolysis) is 1. The van der Waals surface area contributed by atoms with Crippen molar-refractivity contribution in [1.82, 2.24) is 10.6 Å². The topological polar surface area (TPSA) is 146 Å². The van der Waals surface area contributed by atoms with Gasteiger partial charge in [0.15, 0.2) is 0 Å². The average Bonchev–Trinajstić information content (AvgIpc) is 2.84. The number of carbonyl (C=O) groups is 4. The third-order valence-electron chi connectivity index (χ3n) is 6.25. The van der Waals surface area contributed by atoms with E-state index in [1.165, 1.54) is 0 Å². The Morgan fingerprint density at radius 1 is 0.878 bits per heavy atom. The summed E-state index contributed by atoms with van der Waals surface area (Å²) in [4.78, 5) is 50.7. The first-order valence-corrected chi connectivity index (χ1v) is 13.3. The van der Waals surface area contributed by atoms with Gasteiger partial charge in [-0.1, -0.05) is 42.0 Å². The Labute approximate surface area is 239 Å². The summed E-state index contributed by atoms with van der Waals surface area (Å²) in [6.45, 7) is 12.5. The van der Waals surface area contributed by atoms with Crippen molar-refractivity contribution in [2.45, 2.75) is 72.6 Å². The Bertz CT molecular complexity index is 1450. The van der Waals surface area contributed by atoms with Crippen LogP contribution >= 0.6 is 0 Å². The van der Waals surface area contributed by atoms with E-state index in [-0.39, 0.29) is 17.7 Å². The van der Waals surface area contributed by atoms with Gasteiger partial charge in [0.1, 0.15) is 11.6 Å². The number of carboxylic acid groups (broad SMARTS) is 1. The molecule has 3 aromatic rings. The minimum atomic E-state index is -1.32. The van der Waals surface area contributed by atoms with E-state index >= 15 is 0 Å². The maximum absolute atomic E-state index is 13.4. The number of nitrogens with one attached hydrogen (secondary N) is 4. The van der Waals surface area contributed by atoms with E-state index in [2.05, 4.69) is 21.3 Å². The second-order valence-electron chi connectivity index (χ2n) is 11.2. The van der Waals surface area contributed by atoms with Crippen LogP contribution in [-0.2, 0) is 9.53 Å². The number of rotatable bonds is 8. The van der Waals surface area contributed by atoms with Crippen LogP contribution < -0.4 is 21.3 Å². The largest absolute Gasteiger partial charge is 0.480 e. The summed E-state index contributed by atoms with van der Waals surface area (Å²) in [5, 5.41) is 22.1. The maximum Gasteiger partial charge on any atom is 0.407 e. The molecule has 0 aliphatic heterocycles. The molecule has 0 saturated heterocycles. The number of aliphatic carboxylic acids is 1. The number of anilines is 2. The third-order valence-corrected chi connectivity index (χ3v) is 6.25. The molecular formula is C31H38N4O6. The molecule has 0 aliphatic rings. The number of fused-ring (bicyclic) bond motifs is 1. The predicted octanol–water partition coefficient (Wildman–Crippen LogP) is 5.90. The van der Waals surface area contributed by atoms with Crippen molar-refractivity contribution in [1.29, 1.82) is 0 Å². The molecule has 0 saturated carbocycles. The monoisotopic (exact) mass is 562 g/mol. The highest BCUT2D eigenvalue weighted by molar-refractivity contribution is 6.10. The minimum absolute atomic E-state index is 0.0928. The number of hydrogen-bond donors (Lipinski definition) is 5. The van der Waals surface area contributed by atoms with Gasteiger partial charge in [-0.05, 0) is 88.9 Å². The van der Waals surface area contributed by atoms with Crippen molar-refractivity contribution in [2.75, 3.05) is 10.6 Å². The van der Waals surface area contributed by atoms with E-state index in [0.717, 1.165) is 27.5 Å². The number of carbonyl (C=O) groups excluding carboxylic acids is 3. The molecular weight excluding hydrogens is 524 g/mol. The molecule has 0 bridgehead atoms. The molecule has 0 fully saturated rings. The minimum Gasteiger partial charge on any atom is -0.480 e. The molecule has 10 nitrogen and oxygen atoms in total. The molecule has 2 atom stereocenters. The molecule has 4 amide bonds. The molecule has 3 rings (SSSR count). The van der Waals surface area contributed by atoms with E-state index in [1.54, 1.807) is 39.8 Å². The van der Waals surface area contributed by atoms with Crippen LogP contribution in [0.5, 0.6) is 0 Å². The van der Waals surface area contributed by atoms with Crippen molar-refractivity contribution in [3.05, 3.63) is 70.8 Å². The van der Waals surface area contributed by atoms with Crippen LogP contribution in [-0.4, -0.2) is 46.8 Å². The number of benzene rings is 3. The quantitative estimate of drug-likeness (QED) is 0.231. The van der Waals surface area contributed by atoms with Gasteiger partial charge in [0.25, 0.3) is 5.91 Å². The Morgan fingerprint density at radius 2 is 1.46 bits per heavy atom. The smallest absolute Gasteiger partial charge is 0.407 e. The van der Waals surface area contributed by atoms with E-state index in [1.807, 2.05) is 57.2 Å². The number of hydrogen-bond acceptors (Lipinski definition) is 5. The predicted molar refractivity (Wildman–Crippen MR) is 160 cm³/mol. The van der Waals surface area contributed by atoms with Crippen molar-refractivity contribution in [3.8, 4) is 0 Å². The first kappa shape index (κ1) is 30.9. The first-order chi connectivity index (χ1) is 19.1. The van der Waals surface area contributed by atoms with E-state index in [9.17, 15) is 24.3 Å². The Kier molecular flexibility index (Phi) is 9.59. The molecule has 0 spiro atoms. The fraction of sp³-hybridized carbons (Fsp3) is 0.355. The van der Waals surface area contributed by atoms with Crippen LogP contribution in [0.2, 0.25) is 0 Å². The molecule has 1 unspecified atom stereocenters. The fourth-order valence-electron chi connectivity index (χ4n) is 4.55. The van der Waals surface area contributed by atoms with Gasteiger partial charge in [0.05, 0.1) is 11.3 Å². The van der Waals surface area contributed by atoms with Crippen LogP contribution in [0.3, 0.4) is 0 Å². The van der Waals surface area contributed by atoms with Gasteiger partial charge in [-0.3, -0.25) is 4.79 Å². The van der Waals surface area contributed by atoms with Gasteiger partial charge in [-0.15, -0.1) is 0 Å². The second-order valence-corrected chi connectivity index (χ2v) is 11.2. The molecule has 0 radical (unpaired) electrons. The third kappa shape index (κ3) is 8.69. The zero-order valence-electron chi connectivity index (χ0n) is 24.5. The van der Waals surface area contributed by atoms with Crippen LogP contribution in [0, 0.1) is 20.8 Å². The average molecular weight is 563 g/mol. The standard InChI is InChI=1S/C31H38N4O6/c1-17-12-18(2)26(19(3)13-17)35-29(39)34-24-16-22-11-9-8-10-21(22)15-23(24)27(36)33-25(28(37)38)14-20(4)32-30(40)41-31(5,6)7/h8-13,15-16,20,25H,14H2,1-7H3,(H,32,40)(H,33,36)(H,37,38)(H2,34,35,39)/t20?,25-/m0/s1. The van der Waals surface area contributed by atoms with Gasteiger partial charge < -0.3 is 31.1 Å². The fourth-order valence-corrected chi connectivity index (χ4v) is 4.55. The lowest BCUT2D eigenvalue weighted by molar-refractivity contribution is -0.139. The van der Waals surface area contributed by atoms with Crippen molar-refractivity contribution in [2.24, 2.45) is 0 Å².